The van der Waals surface area contributed by atoms with Crippen molar-refractivity contribution in [3.63, 3.8) is 0 Å². The van der Waals surface area contributed by atoms with Gasteiger partial charge in [0.1, 0.15) is 0 Å². The van der Waals surface area contributed by atoms with Gasteiger partial charge in [0.15, 0.2) is 9.84 Å². The fourth-order valence-electron chi connectivity index (χ4n) is 1.59. The van der Waals surface area contributed by atoms with Crippen molar-refractivity contribution in [3.05, 3.63) is 65.2 Å². The van der Waals surface area contributed by atoms with Crippen LogP contribution in [0, 0.1) is 18.8 Å². The van der Waals surface area contributed by atoms with Gasteiger partial charge >= 0.3 is 0 Å². The quantitative estimate of drug-likeness (QED) is 0.747. The van der Waals surface area contributed by atoms with E-state index in [0.717, 1.165) is 5.56 Å². The maximum absolute atomic E-state index is 11.4. The summed E-state index contributed by atoms with van der Waals surface area (Å²) in [4.78, 5) is 0.295. The van der Waals surface area contributed by atoms with Crippen molar-refractivity contribution in [2.75, 3.05) is 6.26 Å². The number of sulfone groups is 1. The van der Waals surface area contributed by atoms with E-state index in [1.54, 1.807) is 24.3 Å². The summed E-state index contributed by atoms with van der Waals surface area (Å²) in [5.41, 5.74) is 2.79. The monoisotopic (exact) mass is 270 g/mol. The molecule has 0 aliphatic heterocycles. The largest absolute Gasteiger partial charge is 0.224 e. The summed E-state index contributed by atoms with van der Waals surface area (Å²) in [5, 5.41) is 0. The van der Waals surface area contributed by atoms with Crippen molar-refractivity contribution in [3.8, 4) is 11.8 Å². The van der Waals surface area contributed by atoms with Crippen LogP contribution in [0.4, 0.5) is 0 Å². The van der Waals surface area contributed by atoms with Crippen molar-refractivity contribution in [2.24, 2.45) is 0 Å². The van der Waals surface area contributed by atoms with E-state index < -0.39 is 9.84 Å². The third-order valence-corrected chi connectivity index (χ3v) is 3.78. The zero-order chi connectivity index (χ0) is 13.9. The van der Waals surface area contributed by atoms with Gasteiger partial charge in [0.25, 0.3) is 0 Å². The van der Waals surface area contributed by atoms with E-state index in [9.17, 15) is 8.42 Å². The van der Waals surface area contributed by atoms with Crippen LogP contribution in [0.3, 0.4) is 0 Å². The summed E-state index contributed by atoms with van der Waals surface area (Å²) in [6, 6.07) is 14.6. The summed E-state index contributed by atoms with van der Waals surface area (Å²) >= 11 is 0. The molecule has 0 aromatic heterocycles. The summed E-state index contributed by atoms with van der Waals surface area (Å²) in [6.07, 6.45) is 1.19. The lowest BCUT2D eigenvalue weighted by atomic mass is 10.1. The van der Waals surface area contributed by atoms with Gasteiger partial charge in [0.05, 0.1) is 4.90 Å². The van der Waals surface area contributed by atoms with Crippen LogP contribution in [-0.2, 0) is 9.84 Å². The highest BCUT2D eigenvalue weighted by molar-refractivity contribution is 7.90. The third-order valence-electron chi connectivity index (χ3n) is 2.66. The normalized spacial score (nSPS) is 10.6. The molecule has 0 amide bonds. The predicted molar refractivity (Wildman–Crippen MR) is 76.7 cm³/mol. The Morgan fingerprint density at radius 3 is 2.16 bits per heavy atom. The average Bonchev–Trinajstić information content (AvgIpc) is 2.37. The van der Waals surface area contributed by atoms with Crippen LogP contribution in [0.1, 0.15) is 16.7 Å². The summed E-state index contributed by atoms with van der Waals surface area (Å²) in [7, 11) is -3.18. The second-order valence-corrected chi connectivity index (χ2v) is 6.43. The Morgan fingerprint density at radius 2 is 1.53 bits per heavy atom. The fourth-order valence-corrected chi connectivity index (χ4v) is 2.25. The van der Waals surface area contributed by atoms with Gasteiger partial charge in [-0.15, -0.1) is 0 Å². The minimum absolute atomic E-state index is 0.295. The van der Waals surface area contributed by atoms with Crippen LogP contribution in [0.5, 0.6) is 0 Å². The fraction of sp³-hybridized carbons (Fsp3) is 0.125. The Bertz CT molecular complexity index is 745. The van der Waals surface area contributed by atoms with E-state index >= 15 is 0 Å². The van der Waals surface area contributed by atoms with Crippen molar-refractivity contribution in [2.45, 2.75) is 11.8 Å². The molecule has 0 radical (unpaired) electrons. The number of hydrogen-bond acceptors (Lipinski definition) is 2. The van der Waals surface area contributed by atoms with E-state index in [1.165, 1.54) is 11.8 Å². The smallest absolute Gasteiger partial charge is 0.175 e. The molecule has 2 nitrogen and oxygen atoms in total. The lowest BCUT2D eigenvalue weighted by molar-refractivity contribution is 0.602. The standard InChI is InChI=1S/C16H14O2S/c1-13-6-8-14(9-7-13)10-11-15-4-3-5-16(12-15)19(2,17)18/h3-9,12H,1-2H3. The predicted octanol–water partition coefficient (Wildman–Crippen LogP) is 2.80. The second-order valence-electron chi connectivity index (χ2n) is 4.42. The lowest BCUT2D eigenvalue weighted by Crippen LogP contribution is -1.96. The molecule has 0 aliphatic rings. The Labute approximate surface area is 114 Å². The molecule has 2 rings (SSSR count). The van der Waals surface area contributed by atoms with Gasteiger partial charge < -0.3 is 0 Å². The molecular formula is C16H14O2S. The van der Waals surface area contributed by atoms with Crippen LogP contribution in [0.2, 0.25) is 0 Å². The van der Waals surface area contributed by atoms with Crippen LogP contribution in [-0.4, -0.2) is 14.7 Å². The summed E-state index contributed by atoms with van der Waals surface area (Å²) in [6.45, 7) is 2.02. The molecule has 0 heterocycles. The number of rotatable bonds is 1. The van der Waals surface area contributed by atoms with E-state index in [2.05, 4.69) is 11.8 Å². The Kier molecular flexibility index (Phi) is 3.73. The second kappa shape index (κ2) is 5.29. The number of hydrogen-bond donors (Lipinski definition) is 0. The molecule has 0 saturated heterocycles. The van der Waals surface area contributed by atoms with Gasteiger partial charge in [-0.3, -0.25) is 0 Å². The zero-order valence-corrected chi connectivity index (χ0v) is 11.7. The molecule has 96 valence electrons. The molecule has 3 heteroatoms. The van der Waals surface area contributed by atoms with Gasteiger partial charge in [-0.2, -0.15) is 0 Å². The molecule has 19 heavy (non-hydrogen) atoms. The first-order valence-corrected chi connectivity index (χ1v) is 7.73. The number of benzene rings is 2. The number of aryl methyl sites for hydroxylation is 1. The topological polar surface area (TPSA) is 34.1 Å². The van der Waals surface area contributed by atoms with E-state index in [4.69, 9.17) is 0 Å². The van der Waals surface area contributed by atoms with Crippen LogP contribution in [0.25, 0.3) is 0 Å². The molecule has 0 spiro atoms. The molecule has 0 fully saturated rings. The molecular weight excluding hydrogens is 256 g/mol. The first kappa shape index (κ1) is 13.4. The molecule has 0 N–H and O–H groups in total. The summed E-state index contributed by atoms with van der Waals surface area (Å²) in [5.74, 6) is 6.00. The Morgan fingerprint density at radius 1 is 0.895 bits per heavy atom. The van der Waals surface area contributed by atoms with Gasteiger partial charge in [-0.05, 0) is 37.3 Å². The van der Waals surface area contributed by atoms with Crippen LogP contribution in [0.15, 0.2) is 53.4 Å². The first-order valence-electron chi connectivity index (χ1n) is 5.84. The maximum Gasteiger partial charge on any atom is 0.175 e. The maximum atomic E-state index is 11.4. The molecule has 2 aromatic rings. The van der Waals surface area contributed by atoms with Crippen molar-refractivity contribution >= 4 is 9.84 Å². The Hall–Kier alpha value is -2.05. The lowest BCUT2D eigenvalue weighted by Gasteiger charge is -1.98. The van der Waals surface area contributed by atoms with Crippen molar-refractivity contribution in [1.82, 2.24) is 0 Å². The average molecular weight is 270 g/mol. The van der Waals surface area contributed by atoms with Gasteiger partial charge in [0, 0.05) is 17.4 Å². The van der Waals surface area contributed by atoms with E-state index in [-0.39, 0.29) is 0 Å². The zero-order valence-electron chi connectivity index (χ0n) is 10.8. The van der Waals surface area contributed by atoms with Gasteiger partial charge in [0.2, 0.25) is 0 Å². The molecule has 0 saturated carbocycles. The minimum atomic E-state index is -3.18. The molecule has 2 aromatic carbocycles. The van der Waals surface area contributed by atoms with Crippen LogP contribution < -0.4 is 0 Å². The summed E-state index contributed by atoms with van der Waals surface area (Å²) < 4.78 is 22.9. The van der Waals surface area contributed by atoms with Gasteiger partial charge in [-0.1, -0.05) is 35.6 Å². The molecule has 0 unspecified atom stereocenters. The molecule has 0 atom stereocenters. The highest BCUT2D eigenvalue weighted by Crippen LogP contribution is 2.10. The molecule has 0 aliphatic carbocycles. The highest BCUT2D eigenvalue weighted by atomic mass is 32.2. The SMILES string of the molecule is Cc1ccc(C#Cc2cccc(S(C)(=O)=O)c2)cc1. The van der Waals surface area contributed by atoms with Crippen molar-refractivity contribution < 1.29 is 8.42 Å². The van der Waals surface area contributed by atoms with Gasteiger partial charge in [-0.25, -0.2) is 8.42 Å². The van der Waals surface area contributed by atoms with E-state index in [1.807, 2.05) is 31.2 Å². The first-order chi connectivity index (χ1) is 8.95. The van der Waals surface area contributed by atoms with Crippen LogP contribution >= 0.6 is 0 Å². The van der Waals surface area contributed by atoms with Crippen molar-refractivity contribution in [1.29, 1.82) is 0 Å². The van der Waals surface area contributed by atoms with E-state index in [0.29, 0.717) is 10.5 Å². The third kappa shape index (κ3) is 3.70. The minimum Gasteiger partial charge on any atom is -0.224 e. The highest BCUT2D eigenvalue weighted by Gasteiger charge is 2.05. The molecule has 0 bridgehead atoms. The Balaban J connectivity index is 2.32.